The Bertz CT molecular complexity index is 657. The summed E-state index contributed by atoms with van der Waals surface area (Å²) in [6.07, 6.45) is 1.45. The van der Waals surface area contributed by atoms with E-state index in [1.165, 1.54) is 19.2 Å². The number of rotatable bonds is 7. The molecule has 0 spiro atoms. The number of sulfonamides is 1. The molecule has 0 radical (unpaired) electrons. The summed E-state index contributed by atoms with van der Waals surface area (Å²) in [7, 11) is -1.22. The summed E-state index contributed by atoms with van der Waals surface area (Å²) in [4.78, 5) is 11.6. The van der Waals surface area contributed by atoms with E-state index >= 15 is 0 Å². The number of anilines is 1. The first-order valence-electron chi connectivity index (χ1n) is 6.78. The monoisotopic (exact) mass is 331 g/mol. The van der Waals surface area contributed by atoms with Crippen LogP contribution in [0.3, 0.4) is 0 Å². The van der Waals surface area contributed by atoms with E-state index in [1.807, 2.05) is 0 Å². The maximum atomic E-state index is 13.8. The first-order chi connectivity index (χ1) is 10.4. The van der Waals surface area contributed by atoms with Crippen molar-refractivity contribution in [3.8, 4) is 0 Å². The molecule has 1 aromatic carbocycles. The van der Waals surface area contributed by atoms with Crippen molar-refractivity contribution in [3.05, 3.63) is 29.6 Å². The van der Waals surface area contributed by atoms with Gasteiger partial charge in [-0.3, -0.25) is 4.72 Å². The second-order valence-electron chi connectivity index (χ2n) is 5.15. The normalized spacial score (nSPS) is 16.1. The zero-order valence-corrected chi connectivity index (χ0v) is 13.2. The van der Waals surface area contributed by atoms with E-state index < -0.39 is 33.5 Å². The minimum atomic E-state index is -3.78. The number of hydrogen-bond donors (Lipinski definition) is 1. The van der Waals surface area contributed by atoms with Gasteiger partial charge in [0.1, 0.15) is 11.4 Å². The first-order valence-corrected chi connectivity index (χ1v) is 8.43. The molecule has 1 aliphatic carbocycles. The first kappa shape index (κ1) is 16.7. The van der Waals surface area contributed by atoms with E-state index in [9.17, 15) is 17.6 Å². The molecule has 122 valence electrons. The van der Waals surface area contributed by atoms with Crippen LogP contribution in [0.2, 0.25) is 0 Å². The third-order valence-electron chi connectivity index (χ3n) is 3.50. The predicted octanol–water partition coefficient (Wildman–Crippen LogP) is 1.78. The molecule has 8 heteroatoms. The van der Waals surface area contributed by atoms with Gasteiger partial charge in [0.05, 0.1) is 24.7 Å². The van der Waals surface area contributed by atoms with Crippen LogP contribution >= 0.6 is 0 Å². The number of carbonyl (C=O) groups is 1. The highest BCUT2D eigenvalue weighted by Gasteiger charge is 2.35. The minimum Gasteiger partial charge on any atom is -0.465 e. The fourth-order valence-electron chi connectivity index (χ4n) is 2.21. The van der Waals surface area contributed by atoms with E-state index in [-0.39, 0.29) is 17.4 Å². The summed E-state index contributed by atoms with van der Waals surface area (Å²) in [6.45, 7) is 0. The van der Waals surface area contributed by atoms with Crippen LogP contribution in [0.4, 0.5) is 10.1 Å². The van der Waals surface area contributed by atoms with E-state index in [0.29, 0.717) is 0 Å². The summed E-state index contributed by atoms with van der Waals surface area (Å²) in [6, 6.07) is 3.69. The van der Waals surface area contributed by atoms with Gasteiger partial charge in [0.25, 0.3) is 0 Å². The minimum absolute atomic E-state index is 0.141. The van der Waals surface area contributed by atoms with Gasteiger partial charge in [-0.05, 0) is 30.9 Å². The highest BCUT2D eigenvalue weighted by Crippen LogP contribution is 2.35. The number of methoxy groups -OCH3 is 2. The topological polar surface area (TPSA) is 81.7 Å². The Morgan fingerprint density at radius 1 is 1.41 bits per heavy atom. The number of ether oxygens (including phenoxy) is 2. The average molecular weight is 331 g/mol. The second-order valence-corrected chi connectivity index (χ2v) is 6.92. The molecule has 0 saturated heterocycles. The van der Waals surface area contributed by atoms with Gasteiger partial charge in [-0.15, -0.1) is 0 Å². The molecule has 0 aromatic heterocycles. The Labute approximate surface area is 128 Å². The molecular weight excluding hydrogens is 313 g/mol. The molecule has 0 heterocycles. The van der Waals surface area contributed by atoms with E-state index in [4.69, 9.17) is 4.74 Å². The van der Waals surface area contributed by atoms with Crippen LogP contribution in [0.25, 0.3) is 0 Å². The standard InChI is InChI=1S/C14H18FNO5S/c1-20-12(9-6-7-9)8-22(18,19)16-11-5-3-4-10(15)13(11)14(17)21-2/h3-5,9,12,16H,6-8H2,1-2H3/t12-/m0/s1. The van der Waals surface area contributed by atoms with Crippen molar-refractivity contribution in [1.29, 1.82) is 0 Å². The lowest BCUT2D eigenvalue weighted by atomic mass is 10.2. The van der Waals surface area contributed by atoms with Crippen molar-refractivity contribution in [1.82, 2.24) is 0 Å². The quantitative estimate of drug-likeness (QED) is 0.770. The number of hydrogen-bond acceptors (Lipinski definition) is 5. The molecule has 0 unspecified atom stereocenters. The van der Waals surface area contributed by atoms with Crippen molar-refractivity contribution >= 4 is 21.7 Å². The molecule has 22 heavy (non-hydrogen) atoms. The Hall–Kier alpha value is -1.67. The third-order valence-corrected chi connectivity index (χ3v) is 4.80. The molecule has 1 atom stereocenters. The maximum Gasteiger partial charge on any atom is 0.343 e. The fourth-order valence-corrected chi connectivity index (χ4v) is 3.64. The van der Waals surface area contributed by atoms with Crippen molar-refractivity contribution in [3.63, 3.8) is 0 Å². The molecule has 1 saturated carbocycles. The number of carbonyl (C=O) groups excluding carboxylic acids is 1. The smallest absolute Gasteiger partial charge is 0.343 e. The molecule has 2 rings (SSSR count). The van der Waals surface area contributed by atoms with Crippen LogP contribution in [-0.4, -0.2) is 40.5 Å². The Balaban J connectivity index is 2.22. The number of esters is 1. The molecule has 1 N–H and O–H groups in total. The predicted molar refractivity (Wildman–Crippen MR) is 78.7 cm³/mol. The molecule has 1 fully saturated rings. The summed E-state index contributed by atoms with van der Waals surface area (Å²) in [5.74, 6) is -1.81. The summed E-state index contributed by atoms with van der Waals surface area (Å²) < 4.78 is 50.1. The van der Waals surface area contributed by atoms with Gasteiger partial charge in [-0.2, -0.15) is 0 Å². The van der Waals surface area contributed by atoms with Gasteiger partial charge in [-0.25, -0.2) is 17.6 Å². The highest BCUT2D eigenvalue weighted by molar-refractivity contribution is 7.92. The van der Waals surface area contributed by atoms with Gasteiger partial charge < -0.3 is 9.47 Å². The van der Waals surface area contributed by atoms with Crippen molar-refractivity contribution in [2.24, 2.45) is 5.92 Å². The SMILES string of the molecule is COC(=O)c1c(F)cccc1NS(=O)(=O)C[C@H](OC)C1CC1. The Kier molecular flexibility index (Phi) is 5.02. The molecule has 0 aliphatic heterocycles. The maximum absolute atomic E-state index is 13.8. The zero-order valence-electron chi connectivity index (χ0n) is 12.3. The van der Waals surface area contributed by atoms with Crippen LogP contribution in [-0.2, 0) is 19.5 Å². The molecule has 0 amide bonds. The molecule has 1 aliphatic rings. The number of nitrogens with one attached hydrogen (secondary N) is 1. The van der Waals surface area contributed by atoms with Gasteiger partial charge in [0, 0.05) is 7.11 Å². The lowest BCUT2D eigenvalue weighted by Crippen LogP contribution is -2.29. The van der Waals surface area contributed by atoms with Gasteiger partial charge in [-0.1, -0.05) is 6.07 Å². The van der Waals surface area contributed by atoms with Gasteiger partial charge in [0.2, 0.25) is 10.0 Å². The molecule has 6 nitrogen and oxygen atoms in total. The second kappa shape index (κ2) is 6.62. The third kappa shape index (κ3) is 3.95. The summed E-state index contributed by atoms with van der Waals surface area (Å²) >= 11 is 0. The molecule has 0 bridgehead atoms. The number of halogens is 1. The van der Waals surface area contributed by atoms with Crippen LogP contribution in [0.5, 0.6) is 0 Å². The lowest BCUT2D eigenvalue weighted by molar-refractivity contribution is 0.0597. The van der Waals surface area contributed by atoms with Crippen LogP contribution in [0, 0.1) is 11.7 Å². The van der Waals surface area contributed by atoms with E-state index in [2.05, 4.69) is 9.46 Å². The Morgan fingerprint density at radius 2 is 2.09 bits per heavy atom. The largest absolute Gasteiger partial charge is 0.465 e. The van der Waals surface area contributed by atoms with E-state index in [1.54, 1.807) is 0 Å². The van der Waals surface area contributed by atoms with Crippen LogP contribution < -0.4 is 4.72 Å². The van der Waals surface area contributed by atoms with E-state index in [0.717, 1.165) is 26.0 Å². The molecular formula is C14H18FNO5S. The highest BCUT2D eigenvalue weighted by atomic mass is 32.2. The van der Waals surface area contributed by atoms with Crippen molar-refractivity contribution < 1.29 is 27.1 Å². The molecule has 1 aromatic rings. The van der Waals surface area contributed by atoms with Gasteiger partial charge in [0.15, 0.2) is 0 Å². The average Bonchev–Trinajstić information content (AvgIpc) is 3.28. The Morgan fingerprint density at radius 3 is 2.64 bits per heavy atom. The summed E-state index contributed by atoms with van der Waals surface area (Å²) in [5.41, 5.74) is -0.577. The van der Waals surface area contributed by atoms with Crippen molar-refractivity contribution in [2.45, 2.75) is 18.9 Å². The summed E-state index contributed by atoms with van der Waals surface area (Å²) in [5, 5.41) is 0. The number of benzene rings is 1. The van der Waals surface area contributed by atoms with Crippen molar-refractivity contribution in [2.75, 3.05) is 24.7 Å². The van der Waals surface area contributed by atoms with Crippen LogP contribution in [0.15, 0.2) is 18.2 Å². The van der Waals surface area contributed by atoms with Crippen LogP contribution in [0.1, 0.15) is 23.2 Å². The zero-order chi connectivity index (χ0) is 16.3. The lowest BCUT2D eigenvalue weighted by Gasteiger charge is -2.17. The fraction of sp³-hybridized carbons (Fsp3) is 0.500. The van der Waals surface area contributed by atoms with Gasteiger partial charge >= 0.3 is 5.97 Å².